The van der Waals surface area contributed by atoms with Crippen LogP contribution in [0.2, 0.25) is 5.02 Å². The number of thiophene rings is 1. The lowest BCUT2D eigenvalue weighted by atomic mass is 10.2. The maximum absolute atomic E-state index is 13.1. The van der Waals surface area contributed by atoms with Crippen LogP contribution in [0.5, 0.6) is 5.75 Å². The summed E-state index contributed by atoms with van der Waals surface area (Å²) in [7, 11) is -3.58. The average molecular weight is 479 g/mol. The minimum atomic E-state index is -3.58. The second kappa shape index (κ2) is 9.08. The smallest absolute Gasteiger partial charge is 0.250 e. The molecule has 0 radical (unpaired) electrons. The maximum atomic E-state index is 13.1. The molecule has 1 aromatic heterocycles. The van der Waals surface area contributed by atoms with Crippen LogP contribution in [-0.2, 0) is 16.6 Å². The zero-order valence-electron chi connectivity index (χ0n) is 17.9. The van der Waals surface area contributed by atoms with Crippen LogP contribution < -0.4 is 9.46 Å². The quantitative estimate of drug-likeness (QED) is 0.506. The number of likely N-dealkylation sites (tertiary alicyclic amines) is 1. The van der Waals surface area contributed by atoms with Crippen molar-refractivity contribution in [2.75, 3.05) is 13.1 Å². The first-order valence-corrected chi connectivity index (χ1v) is 13.1. The summed E-state index contributed by atoms with van der Waals surface area (Å²) in [5, 5.41) is 1.51. The van der Waals surface area contributed by atoms with Gasteiger partial charge in [0, 0.05) is 35.4 Å². The van der Waals surface area contributed by atoms with Crippen molar-refractivity contribution in [3.05, 3.63) is 58.6 Å². The molecule has 2 aromatic carbocycles. The van der Waals surface area contributed by atoms with Gasteiger partial charge in [0.05, 0.1) is 6.10 Å². The van der Waals surface area contributed by atoms with Gasteiger partial charge >= 0.3 is 0 Å². The number of ether oxygens (including phenoxy) is 1. The van der Waals surface area contributed by atoms with Crippen LogP contribution in [0.25, 0.3) is 10.1 Å². The summed E-state index contributed by atoms with van der Waals surface area (Å²) in [5.74, 6) is 0.866. The highest BCUT2D eigenvalue weighted by atomic mass is 35.5. The van der Waals surface area contributed by atoms with E-state index in [1.165, 1.54) is 16.9 Å². The molecule has 0 saturated carbocycles. The lowest BCUT2D eigenvalue weighted by molar-refractivity contribution is 0.242. The SMILES string of the molecule is Cc1c(S(=O)(=O)NC2CCN(Cc3ccc(OC(C)C)cc3)C2)sc2ccc(Cl)cc12. The normalized spacial score (nSPS) is 17.6. The molecule has 1 aliphatic heterocycles. The zero-order chi connectivity index (χ0) is 22.2. The number of rotatable bonds is 7. The molecule has 0 aliphatic carbocycles. The fraction of sp³-hybridized carbons (Fsp3) is 0.391. The molecule has 1 atom stereocenters. The van der Waals surface area contributed by atoms with Crippen LogP contribution in [0.4, 0.5) is 0 Å². The highest BCUT2D eigenvalue weighted by Gasteiger charge is 2.29. The van der Waals surface area contributed by atoms with Gasteiger partial charge in [-0.2, -0.15) is 0 Å². The Kier molecular flexibility index (Phi) is 6.60. The number of halogens is 1. The van der Waals surface area contributed by atoms with Gasteiger partial charge in [-0.25, -0.2) is 13.1 Å². The van der Waals surface area contributed by atoms with Crippen LogP contribution >= 0.6 is 22.9 Å². The summed E-state index contributed by atoms with van der Waals surface area (Å²) in [4.78, 5) is 2.28. The molecule has 31 heavy (non-hydrogen) atoms. The molecule has 3 aromatic rings. The van der Waals surface area contributed by atoms with Gasteiger partial charge in [0.1, 0.15) is 9.96 Å². The van der Waals surface area contributed by atoms with E-state index in [-0.39, 0.29) is 12.1 Å². The van der Waals surface area contributed by atoms with Gasteiger partial charge < -0.3 is 4.74 Å². The van der Waals surface area contributed by atoms with E-state index in [0.29, 0.717) is 15.8 Å². The number of benzene rings is 2. The molecule has 0 spiro atoms. The van der Waals surface area contributed by atoms with Gasteiger partial charge in [0.25, 0.3) is 10.0 Å². The first-order chi connectivity index (χ1) is 14.7. The molecule has 1 fully saturated rings. The second-order valence-corrected chi connectivity index (χ2v) is 11.7. The van der Waals surface area contributed by atoms with Crippen LogP contribution in [-0.4, -0.2) is 38.6 Å². The van der Waals surface area contributed by atoms with Crippen molar-refractivity contribution in [1.82, 2.24) is 9.62 Å². The molecule has 0 bridgehead atoms. The van der Waals surface area contributed by atoms with Crippen LogP contribution in [0, 0.1) is 6.92 Å². The van der Waals surface area contributed by atoms with Crippen molar-refractivity contribution in [2.45, 2.75) is 50.1 Å². The summed E-state index contributed by atoms with van der Waals surface area (Å²) in [6.45, 7) is 8.21. The highest BCUT2D eigenvalue weighted by Crippen LogP contribution is 2.35. The average Bonchev–Trinajstić information content (AvgIpc) is 3.27. The number of hydrogen-bond acceptors (Lipinski definition) is 5. The van der Waals surface area contributed by atoms with Gasteiger partial charge in [-0.05, 0) is 74.0 Å². The number of sulfonamides is 1. The minimum absolute atomic E-state index is 0.0956. The van der Waals surface area contributed by atoms with E-state index in [9.17, 15) is 8.42 Å². The van der Waals surface area contributed by atoms with Crippen molar-refractivity contribution in [3.8, 4) is 5.75 Å². The Balaban J connectivity index is 1.40. The second-order valence-electron chi connectivity index (χ2n) is 8.31. The monoisotopic (exact) mass is 478 g/mol. The predicted octanol–water partition coefficient (Wildman–Crippen LogP) is 5.20. The first-order valence-electron chi connectivity index (χ1n) is 10.4. The number of fused-ring (bicyclic) bond motifs is 1. The Morgan fingerprint density at radius 3 is 2.68 bits per heavy atom. The van der Waals surface area contributed by atoms with E-state index < -0.39 is 10.0 Å². The largest absolute Gasteiger partial charge is 0.491 e. The molecule has 1 unspecified atom stereocenters. The van der Waals surface area contributed by atoms with Crippen molar-refractivity contribution >= 4 is 43.0 Å². The van der Waals surface area contributed by atoms with Crippen molar-refractivity contribution in [3.63, 3.8) is 0 Å². The summed E-state index contributed by atoms with van der Waals surface area (Å²) in [6, 6.07) is 13.5. The Morgan fingerprint density at radius 2 is 1.97 bits per heavy atom. The number of hydrogen-bond donors (Lipinski definition) is 1. The van der Waals surface area contributed by atoms with E-state index in [4.69, 9.17) is 16.3 Å². The summed E-state index contributed by atoms with van der Waals surface area (Å²) >= 11 is 7.39. The Labute approximate surface area is 193 Å². The Hall–Kier alpha value is -1.64. The molecule has 166 valence electrons. The Morgan fingerprint density at radius 1 is 1.23 bits per heavy atom. The molecule has 2 heterocycles. The van der Waals surface area contributed by atoms with E-state index >= 15 is 0 Å². The van der Waals surface area contributed by atoms with Crippen molar-refractivity contribution < 1.29 is 13.2 Å². The molecular formula is C23H27ClN2O3S2. The standard InChI is InChI=1S/C23H27ClN2O3S2/c1-15(2)29-20-7-4-17(5-8-20)13-26-11-10-19(14-26)25-31(27,28)23-16(3)21-12-18(24)6-9-22(21)30-23/h4-9,12,15,19,25H,10-11,13-14H2,1-3H3. The topological polar surface area (TPSA) is 58.6 Å². The van der Waals surface area contributed by atoms with Gasteiger partial charge in [-0.3, -0.25) is 4.90 Å². The molecule has 1 saturated heterocycles. The minimum Gasteiger partial charge on any atom is -0.491 e. The van der Waals surface area contributed by atoms with Crippen LogP contribution in [0.1, 0.15) is 31.4 Å². The summed E-state index contributed by atoms with van der Waals surface area (Å²) in [5.41, 5.74) is 1.95. The third-order valence-electron chi connectivity index (χ3n) is 5.39. The maximum Gasteiger partial charge on any atom is 0.250 e. The third kappa shape index (κ3) is 5.23. The fourth-order valence-electron chi connectivity index (χ4n) is 3.98. The molecule has 0 amide bonds. The molecular weight excluding hydrogens is 452 g/mol. The first kappa shape index (κ1) is 22.6. The van der Waals surface area contributed by atoms with E-state index in [2.05, 4.69) is 21.8 Å². The fourth-order valence-corrected chi connectivity index (χ4v) is 7.17. The molecule has 1 aliphatic rings. The predicted molar refractivity (Wildman–Crippen MR) is 128 cm³/mol. The molecule has 8 heteroatoms. The van der Waals surface area contributed by atoms with Gasteiger partial charge in [0.15, 0.2) is 0 Å². The van der Waals surface area contributed by atoms with E-state index in [1.807, 2.05) is 45.0 Å². The van der Waals surface area contributed by atoms with E-state index in [1.54, 1.807) is 6.07 Å². The summed E-state index contributed by atoms with van der Waals surface area (Å²) < 4.78 is 36.1. The van der Waals surface area contributed by atoms with E-state index in [0.717, 1.165) is 40.9 Å². The molecule has 5 nitrogen and oxygen atoms in total. The lowest BCUT2D eigenvalue weighted by Gasteiger charge is -2.17. The van der Waals surface area contributed by atoms with Gasteiger partial charge in [0.2, 0.25) is 0 Å². The number of aryl methyl sites for hydroxylation is 1. The van der Waals surface area contributed by atoms with Crippen molar-refractivity contribution in [1.29, 1.82) is 0 Å². The van der Waals surface area contributed by atoms with Crippen molar-refractivity contribution in [2.24, 2.45) is 0 Å². The van der Waals surface area contributed by atoms with Crippen LogP contribution in [0.15, 0.2) is 46.7 Å². The highest BCUT2D eigenvalue weighted by molar-refractivity contribution is 7.91. The van der Waals surface area contributed by atoms with Gasteiger partial charge in [-0.1, -0.05) is 23.7 Å². The molecule has 4 rings (SSSR count). The summed E-state index contributed by atoms with van der Waals surface area (Å²) in [6.07, 6.45) is 0.948. The van der Waals surface area contributed by atoms with Crippen LogP contribution in [0.3, 0.4) is 0 Å². The lowest BCUT2D eigenvalue weighted by Crippen LogP contribution is -2.36. The number of nitrogens with zero attached hydrogens (tertiary/aromatic N) is 1. The van der Waals surface area contributed by atoms with Gasteiger partial charge in [-0.15, -0.1) is 11.3 Å². The zero-order valence-corrected chi connectivity index (χ0v) is 20.3. The third-order valence-corrected chi connectivity index (χ3v) is 9.04. The molecule has 1 N–H and O–H groups in total. The number of nitrogens with one attached hydrogen (secondary N) is 1. The Bertz CT molecular complexity index is 1170.